The number of carbonyl (C=O) groups is 1. The number of aromatic hydroxyl groups is 1. The van der Waals surface area contributed by atoms with Crippen LogP contribution in [0.15, 0.2) is 47.5 Å². The lowest BCUT2D eigenvalue weighted by Crippen LogP contribution is -2.36. The number of halogens is 1. The summed E-state index contributed by atoms with van der Waals surface area (Å²) in [6, 6.07) is 7.81. The minimum atomic E-state index is -0.578. The second kappa shape index (κ2) is 9.55. The Balaban J connectivity index is 1.47. The molecule has 8 nitrogen and oxygen atoms in total. The fraction of sp³-hybridized carbons (Fsp3) is 0.280. The fourth-order valence-electron chi connectivity index (χ4n) is 4.12. The minimum absolute atomic E-state index is 0.106. The number of hydrogen-bond acceptors (Lipinski definition) is 8. The Bertz CT molecular complexity index is 1480. The lowest BCUT2D eigenvalue weighted by Gasteiger charge is -2.28. The molecule has 10 heteroatoms. The first-order valence-corrected chi connectivity index (χ1v) is 12.1. The molecule has 1 aliphatic rings. The summed E-state index contributed by atoms with van der Waals surface area (Å²) >= 11 is 1.26. The second-order valence-electron chi connectivity index (χ2n) is 8.22. The normalized spacial score (nSPS) is 13.9. The first-order valence-electron chi connectivity index (χ1n) is 11.3. The van der Waals surface area contributed by atoms with Gasteiger partial charge in [-0.2, -0.15) is 0 Å². The molecule has 3 aromatic heterocycles. The maximum atomic E-state index is 13.7. The number of pyridine rings is 1. The average molecular weight is 495 g/mol. The van der Waals surface area contributed by atoms with Gasteiger partial charge in [-0.25, -0.2) is 14.4 Å². The highest BCUT2D eigenvalue weighted by Gasteiger charge is 2.19. The predicted octanol–water partition coefficient (Wildman–Crippen LogP) is 3.68. The van der Waals surface area contributed by atoms with Crippen molar-refractivity contribution < 1.29 is 19.0 Å². The molecular formula is C25H23FN4O4S. The smallest absolute Gasteiger partial charge is 0.300 e. The number of ketones is 1. The van der Waals surface area contributed by atoms with E-state index in [0.717, 1.165) is 23.7 Å². The zero-order valence-electron chi connectivity index (χ0n) is 19.0. The van der Waals surface area contributed by atoms with Crippen molar-refractivity contribution in [1.82, 2.24) is 14.4 Å². The standard InChI is InChI=1S/C25H23FN4O4S/c1-2-20(31)19-12-16(26)4-3-15(19)11-18-13-27-24(35-18)22-23(32)25(33)30-14-17(5-6-21(30)28-22)29-7-9-34-10-8-29/h3-6,12-14,32H,2,7-11H2,1H3. The number of benzene rings is 1. The van der Waals surface area contributed by atoms with Gasteiger partial charge in [-0.3, -0.25) is 14.0 Å². The Morgan fingerprint density at radius 1 is 1.23 bits per heavy atom. The number of fused-ring (bicyclic) bond motifs is 1. The number of hydrogen-bond donors (Lipinski definition) is 1. The molecule has 1 fully saturated rings. The van der Waals surface area contributed by atoms with Crippen LogP contribution in [0.25, 0.3) is 16.3 Å². The monoisotopic (exact) mass is 494 g/mol. The van der Waals surface area contributed by atoms with Crippen LogP contribution in [0.2, 0.25) is 0 Å². The molecular weight excluding hydrogens is 471 g/mol. The summed E-state index contributed by atoms with van der Waals surface area (Å²) in [7, 11) is 0. The molecule has 180 valence electrons. The van der Waals surface area contributed by atoms with E-state index >= 15 is 0 Å². The van der Waals surface area contributed by atoms with Crippen molar-refractivity contribution >= 4 is 28.5 Å². The lowest BCUT2D eigenvalue weighted by atomic mass is 9.99. The van der Waals surface area contributed by atoms with Crippen LogP contribution in [0.5, 0.6) is 5.75 Å². The number of ether oxygens (including phenoxy) is 1. The highest BCUT2D eigenvalue weighted by atomic mass is 32.1. The molecule has 1 aromatic carbocycles. The molecule has 35 heavy (non-hydrogen) atoms. The molecule has 0 amide bonds. The third-order valence-corrected chi connectivity index (χ3v) is 6.98. The van der Waals surface area contributed by atoms with E-state index in [2.05, 4.69) is 14.9 Å². The van der Waals surface area contributed by atoms with Crippen LogP contribution in [0, 0.1) is 5.82 Å². The van der Waals surface area contributed by atoms with Gasteiger partial charge < -0.3 is 14.7 Å². The van der Waals surface area contributed by atoms with Crippen LogP contribution in [-0.4, -0.2) is 51.6 Å². The number of carbonyl (C=O) groups excluding carboxylic acids is 1. The van der Waals surface area contributed by atoms with Crippen molar-refractivity contribution in [3.8, 4) is 16.5 Å². The van der Waals surface area contributed by atoms with Crippen molar-refractivity contribution in [2.45, 2.75) is 19.8 Å². The number of anilines is 1. The summed E-state index contributed by atoms with van der Waals surface area (Å²) in [6.07, 6.45) is 3.94. The molecule has 1 aliphatic heterocycles. The van der Waals surface area contributed by atoms with Gasteiger partial charge in [0.2, 0.25) is 5.75 Å². The largest absolute Gasteiger partial charge is 0.501 e. The van der Waals surface area contributed by atoms with Crippen LogP contribution in [-0.2, 0) is 11.2 Å². The second-order valence-corrected chi connectivity index (χ2v) is 9.33. The lowest BCUT2D eigenvalue weighted by molar-refractivity contribution is 0.0987. The Labute approximate surface area is 204 Å². The van der Waals surface area contributed by atoms with Crippen molar-refractivity contribution in [3.05, 3.63) is 74.9 Å². The van der Waals surface area contributed by atoms with Gasteiger partial charge in [-0.1, -0.05) is 13.0 Å². The topological polar surface area (TPSA) is 97.0 Å². The van der Waals surface area contributed by atoms with Gasteiger partial charge in [0.1, 0.15) is 22.2 Å². The highest BCUT2D eigenvalue weighted by molar-refractivity contribution is 7.15. The van der Waals surface area contributed by atoms with Crippen LogP contribution < -0.4 is 10.5 Å². The van der Waals surface area contributed by atoms with E-state index in [1.807, 2.05) is 6.07 Å². The van der Waals surface area contributed by atoms with Crippen molar-refractivity contribution in [3.63, 3.8) is 0 Å². The van der Waals surface area contributed by atoms with E-state index < -0.39 is 17.1 Å². The number of rotatable bonds is 6. The molecule has 0 saturated carbocycles. The van der Waals surface area contributed by atoms with Gasteiger partial charge in [-0.15, -0.1) is 11.3 Å². The van der Waals surface area contributed by atoms with Crippen LogP contribution in [0.1, 0.15) is 34.1 Å². The summed E-state index contributed by atoms with van der Waals surface area (Å²) in [5.41, 5.74) is 1.82. The molecule has 1 N–H and O–H groups in total. The third-order valence-electron chi connectivity index (χ3n) is 5.97. The van der Waals surface area contributed by atoms with E-state index in [9.17, 15) is 19.1 Å². The van der Waals surface area contributed by atoms with Gasteiger partial charge in [-0.05, 0) is 29.8 Å². The van der Waals surface area contributed by atoms with Gasteiger partial charge in [0.05, 0.1) is 18.9 Å². The first kappa shape index (κ1) is 23.1. The van der Waals surface area contributed by atoms with Crippen molar-refractivity contribution in [2.75, 3.05) is 31.2 Å². The molecule has 0 aliphatic carbocycles. The van der Waals surface area contributed by atoms with E-state index in [-0.39, 0.29) is 17.9 Å². The maximum Gasteiger partial charge on any atom is 0.300 e. The summed E-state index contributed by atoms with van der Waals surface area (Å²) in [5, 5.41) is 11.1. The Morgan fingerprint density at radius 2 is 2.03 bits per heavy atom. The number of thiazole rings is 1. The molecule has 0 bridgehead atoms. The van der Waals surface area contributed by atoms with E-state index in [0.29, 0.717) is 41.4 Å². The molecule has 0 atom stereocenters. The highest BCUT2D eigenvalue weighted by Crippen LogP contribution is 2.31. The number of nitrogens with zero attached hydrogens (tertiary/aromatic N) is 4. The molecule has 4 aromatic rings. The molecule has 0 radical (unpaired) electrons. The maximum absolute atomic E-state index is 13.7. The number of Topliss-reactive ketones (excluding diaryl/α,β-unsaturated/α-hetero) is 1. The molecule has 1 saturated heterocycles. The zero-order valence-corrected chi connectivity index (χ0v) is 19.8. The Hall–Kier alpha value is -3.63. The van der Waals surface area contributed by atoms with Crippen LogP contribution >= 0.6 is 11.3 Å². The Morgan fingerprint density at radius 3 is 2.80 bits per heavy atom. The summed E-state index contributed by atoms with van der Waals surface area (Å²) in [4.78, 5) is 37.0. The quantitative estimate of drug-likeness (QED) is 0.409. The summed E-state index contributed by atoms with van der Waals surface area (Å²) in [6.45, 7) is 4.42. The summed E-state index contributed by atoms with van der Waals surface area (Å²) in [5.74, 6) is -1.08. The van der Waals surface area contributed by atoms with Gasteiger partial charge >= 0.3 is 5.56 Å². The van der Waals surface area contributed by atoms with E-state index in [1.165, 1.54) is 27.9 Å². The molecule has 0 spiro atoms. The fourth-order valence-corrected chi connectivity index (χ4v) is 5.04. The third kappa shape index (κ3) is 4.54. The van der Waals surface area contributed by atoms with Gasteiger partial charge in [0.25, 0.3) is 0 Å². The van der Waals surface area contributed by atoms with Gasteiger partial charge in [0, 0.05) is 48.8 Å². The van der Waals surface area contributed by atoms with E-state index in [1.54, 1.807) is 31.5 Å². The number of aromatic nitrogens is 3. The van der Waals surface area contributed by atoms with E-state index in [4.69, 9.17) is 4.74 Å². The Kier molecular flexibility index (Phi) is 6.31. The minimum Gasteiger partial charge on any atom is -0.501 e. The summed E-state index contributed by atoms with van der Waals surface area (Å²) < 4.78 is 20.4. The molecule has 4 heterocycles. The molecule has 5 rings (SSSR count). The van der Waals surface area contributed by atoms with Crippen molar-refractivity contribution in [2.24, 2.45) is 0 Å². The van der Waals surface area contributed by atoms with Gasteiger partial charge in [0.15, 0.2) is 5.78 Å². The average Bonchev–Trinajstić information content (AvgIpc) is 3.35. The predicted molar refractivity (Wildman–Crippen MR) is 131 cm³/mol. The van der Waals surface area contributed by atoms with Crippen LogP contribution in [0.4, 0.5) is 10.1 Å². The first-order chi connectivity index (χ1) is 16.9. The molecule has 0 unspecified atom stereocenters. The SMILES string of the molecule is CCC(=O)c1cc(F)ccc1Cc1cnc(-c2nc3ccc(N4CCOCC4)cn3c(=O)c2O)s1. The van der Waals surface area contributed by atoms with Crippen molar-refractivity contribution in [1.29, 1.82) is 0 Å². The zero-order chi connectivity index (χ0) is 24.5. The van der Waals surface area contributed by atoms with Crippen LogP contribution in [0.3, 0.4) is 0 Å². The number of morpholine rings is 1.